The maximum absolute atomic E-state index is 6.39. The van der Waals surface area contributed by atoms with E-state index >= 15 is 0 Å². The van der Waals surface area contributed by atoms with Gasteiger partial charge in [0.05, 0.1) is 0 Å². The van der Waals surface area contributed by atoms with Crippen LogP contribution in [-0.2, 0) is 0 Å². The second-order valence-electron chi connectivity index (χ2n) is 13.5. The number of furan rings is 1. The first-order valence-corrected chi connectivity index (χ1v) is 17.9. The normalized spacial score (nSPS) is 13.2. The van der Waals surface area contributed by atoms with Gasteiger partial charge in [0.1, 0.15) is 22.8 Å². The average molecular weight is 680 g/mol. The Hall–Kier alpha value is -7.04. The van der Waals surface area contributed by atoms with Crippen molar-refractivity contribution in [2.24, 2.45) is 9.98 Å². The largest absolute Gasteiger partial charge is 0.456 e. The molecule has 0 fully saturated rings. The molecule has 1 aliphatic heterocycles. The Bertz CT molecular complexity index is 2810. The fourth-order valence-corrected chi connectivity index (χ4v) is 7.36. The fourth-order valence-electron chi connectivity index (χ4n) is 7.36. The van der Waals surface area contributed by atoms with Crippen molar-refractivity contribution in [1.82, 2.24) is 5.32 Å². The highest BCUT2D eigenvalue weighted by Crippen LogP contribution is 2.36. The van der Waals surface area contributed by atoms with Gasteiger partial charge in [0.25, 0.3) is 0 Å². The summed E-state index contributed by atoms with van der Waals surface area (Å²) in [6.07, 6.45) is -0.385. The number of hydrogen-bond donors (Lipinski definition) is 1. The van der Waals surface area contributed by atoms with Crippen LogP contribution in [0.5, 0.6) is 0 Å². The molecular formula is C49H33N3O. The molecule has 0 spiro atoms. The average Bonchev–Trinajstić information content (AvgIpc) is 3.60. The Morgan fingerprint density at radius 1 is 0.358 bits per heavy atom. The number of benzene rings is 8. The number of fused-ring (bicyclic) bond motifs is 4. The van der Waals surface area contributed by atoms with E-state index in [2.05, 4.69) is 157 Å². The zero-order valence-electron chi connectivity index (χ0n) is 28.8. The van der Waals surface area contributed by atoms with Crippen molar-refractivity contribution < 1.29 is 4.42 Å². The van der Waals surface area contributed by atoms with Crippen molar-refractivity contribution >= 4 is 44.4 Å². The Kier molecular flexibility index (Phi) is 7.51. The summed E-state index contributed by atoms with van der Waals surface area (Å²) in [5.74, 6) is 1.62. The number of hydrogen-bond acceptors (Lipinski definition) is 4. The number of rotatable bonds is 6. The van der Waals surface area contributed by atoms with E-state index in [0.717, 1.165) is 83.7 Å². The lowest BCUT2D eigenvalue weighted by atomic mass is 9.95. The minimum absolute atomic E-state index is 0.385. The summed E-state index contributed by atoms with van der Waals surface area (Å²) in [4.78, 5) is 10.2. The summed E-state index contributed by atoms with van der Waals surface area (Å²) in [5.41, 5.74) is 11.7. The van der Waals surface area contributed by atoms with Crippen LogP contribution in [0.3, 0.4) is 0 Å². The molecular weight excluding hydrogens is 647 g/mol. The van der Waals surface area contributed by atoms with E-state index in [-0.39, 0.29) is 6.17 Å². The molecule has 4 nitrogen and oxygen atoms in total. The molecule has 0 saturated heterocycles. The molecule has 0 radical (unpaired) electrons. The lowest BCUT2D eigenvalue weighted by Crippen LogP contribution is -2.35. The highest BCUT2D eigenvalue weighted by molar-refractivity contribution is 6.16. The van der Waals surface area contributed by atoms with Gasteiger partial charge in [0.15, 0.2) is 6.17 Å². The number of nitrogens with one attached hydrogen (secondary N) is 1. The van der Waals surface area contributed by atoms with E-state index in [0.29, 0.717) is 0 Å². The number of nitrogens with zero attached hydrogens (tertiary/aromatic N) is 2. The van der Waals surface area contributed by atoms with E-state index in [9.17, 15) is 0 Å². The van der Waals surface area contributed by atoms with Crippen molar-refractivity contribution in [3.05, 3.63) is 205 Å². The summed E-state index contributed by atoms with van der Waals surface area (Å²) in [6, 6.07) is 65.9. The first-order valence-electron chi connectivity index (χ1n) is 17.9. The van der Waals surface area contributed by atoms with Gasteiger partial charge in [-0.15, -0.1) is 0 Å². The van der Waals surface area contributed by atoms with E-state index in [1.165, 1.54) is 10.8 Å². The van der Waals surface area contributed by atoms with Crippen molar-refractivity contribution in [3.8, 4) is 33.4 Å². The summed E-state index contributed by atoms with van der Waals surface area (Å²) >= 11 is 0. The van der Waals surface area contributed by atoms with Gasteiger partial charge in [-0.05, 0) is 92.2 Å². The Morgan fingerprint density at radius 2 is 0.830 bits per heavy atom. The van der Waals surface area contributed by atoms with Crippen molar-refractivity contribution in [2.45, 2.75) is 6.17 Å². The molecule has 0 aliphatic carbocycles. The molecule has 0 amide bonds. The van der Waals surface area contributed by atoms with Crippen molar-refractivity contribution in [2.75, 3.05) is 0 Å². The van der Waals surface area contributed by atoms with Crippen LogP contribution in [0, 0.1) is 0 Å². The molecule has 0 unspecified atom stereocenters. The van der Waals surface area contributed by atoms with Gasteiger partial charge in [-0.2, -0.15) is 0 Å². The van der Waals surface area contributed by atoms with E-state index in [4.69, 9.17) is 14.4 Å². The summed E-state index contributed by atoms with van der Waals surface area (Å²) in [6.45, 7) is 0. The second-order valence-corrected chi connectivity index (χ2v) is 13.5. The second kappa shape index (κ2) is 12.9. The lowest BCUT2D eigenvalue weighted by molar-refractivity contribution is 0.669. The van der Waals surface area contributed by atoms with Gasteiger partial charge in [0.2, 0.25) is 0 Å². The van der Waals surface area contributed by atoms with Crippen molar-refractivity contribution in [1.29, 1.82) is 0 Å². The molecule has 2 heterocycles. The molecule has 250 valence electrons. The third-order valence-corrected chi connectivity index (χ3v) is 10.1. The highest BCUT2D eigenvalue weighted by atomic mass is 16.3. The Morgan fingerprint density at radius 3 is 1.43 bits per heavy atom. The monoisotopic (exact) mass is 679 g/mol. The molecule has 1 aliphatic rings. The van der Waals surface area contributed by atoms with Gasteiger partial charge >= 0.3 is 0 Å². The Labute approximate surface area is 307 Å². The van der Waals surface area contributed by atoms with Gasteiger partial charge in [0, 0.05) is 21.9 Å². The molecule has 53 heavy (non-hydrogen) atoms. The third-order valence-electron chi connectivity index (χ3n) is 10.1. The molecule has 0 atom stereocenters. The summed E-state index contributed by atoms with van der Waals surface area (Å²) < 4.78 is 6.39. The SMILES string of the molecule is c1ccc(C2=NC(c3cccc(-c4cccc(-c5cccc(-c6ccc7c(c6)oc6cc8ccccc8cc67)c5)c4)c3)N=C(c3ccccc3)N2)cc1. The molecule has 4 heteroatoms. The summed E-state index contributed by atoms with van der Waals surface area (Å²) in [7, 11) is 0. The van der Waals surface area contributed by atoms with E-state index < -0.39 is 0 Å². The predicted molar refractivity (Wildman–Crippen MR) is 219 cm³/mol. The van der Waals surface area contributed by atoms with Gasteiger partial charge in [-0.25, -0.2) is 9.98 Å². The minimum Gasteiger partial charge on any atom is -0.456 e. The van der Waals surface area contributed by atoms with Crippen LogP contribution < -0.4 is 5.32 Å². The van der Waals surface area contributed by atoms with Crippen LogP contribution >= 0.6 is 0 Å². The molecule has 0 bridgehead atoms. The smallest absolute Gasteiger partial charge is 0.169 e. The Balaban J connectivity index is 0.975. The topological polar surface area (TPSA) is 49.9 Å². The standard InChI is InChI=1S/C49H33N3O/c1-3-12-32(13-4-1)47-50-48(33-14-5-2-6-15-33)52-49(51-47)42-23-11-22-38(28-42)36-20-9-18-34(26-36)35-19-10-21-37(27-35)41-24-25-43-44-29-39-16-7-8-17-40(39)30-46(44)53-45(43)31-41/h1-31,49H,(H,50,51,52). The fraction of sp³-hybridized carbons (Fsp3) is 0.0204. The quantitative estimate of drug-likeness (QED) is 0.190. The molecule has 0 saturated carbocycles. The van der Waals surface area contributed by atoms with Crippen LogP contribution in [0.2, 0.25) is 0 Å². The van der Waals surface area contributed by atoms with E-state index in [1.807, 2.05) is 36.4 Å². The van der Waals surface area contributed by atoms with Crippen LogP contribution in [0.1, 0.15) is 22.9 Å². The summed E-state index contributed by atoms with van der Waals surface area (Å²) in [5, 5.41) is 8.17. The molecule has 10 rings (SSSR count). The van der Waals surface area contributed by atoms with Gasteiger partial charge < -0.3 is 9.73 Å². The van der Waals surface area contributed by atoms with Crippen LogP contribution in [0.15, 0.2) is 202 Å². The molecule has 9 aromatic rings. The third kappa shape index (κ3) is 5.86. The maximum Gasteiger partial charge on any atom is 0.169 e. The zero-order valence-corrected chi connectivity index (χ0v) is 28.8. The number of amidine groups is 2. The molecule has 8 aromatic carbocycles. The highest BCUT2D eigenvalue weighted by Gasteiger charge is 2.21. The van der Waals surface area contributed by atoms with Crippen molar-refractivity contribution in [3.63, 3.8) is 0 Å². The molecule has 1 N–H and O–H groups in total. The van der Waals surface area contributed by atoms with Gasteiger partial charge in [-0.3, -0.25) is 0 Å². The lowest BCUT2D eigenvalue weighted by Gasteiger charge is -2.22. The predicted octanol–water partition coefficient (Wildman–Crippen LogP) is 12.2. The van der Waals surface area contributed by atoms with E-state index in [1.54, 1.807) is 0 Å². The first-order chi connectivity index (χ1) is 26.2. The van der Waals surface area contributed by atoms with Crippen LogP contribution in [0.4, 0.5) is 0 Å². The van der Waals surface area contributed by atoms with Gasteiger partial charge in [-0.1, -0.05) is 146 Å². The molecule has 1 aromatic heterocycles. The first kappa shape index (κ1) is 30.8. The maximum atomic E-state index is 6.39. The van der Waals surface area contributed by atoms with Crippen LogP contribution in [-0.4, -0.2) is 11.7 Å². The minimum atomic E-state index is -0.385. The number of aliphatic imine (C=N–C) groups is 2. The zero-order chi connectivity index (χ0) is 35.1. The van der Waals surface area contributed by atoms with Crippen LogP contribution in [0.25, 0.3) is 66.1 Å².